The first kappa shape index (κ1) is 16.8. The van der Waals surface area contributed by atoms with Crippen molar-refractivity contribution in [3.8, 4) is 0 Å². The average Bonchev–Trinajstić information content (AvgIpc) is 2.62. The van der Waals surface area contributed by atoms with Crippen molar-refractivity contribution >= 4 is 23.2 Å². The Morgan fingerprint density at radius 2 is 2.00 bits per heavy atom. The molecule has 1 aliphatic heterocycles. The molecule has 1 amide bonds. The summed E-state index contributed by atoms with van der Waals surface area (Å²) in [6, 6.07) is 11.8. The Bertz CT molecular complexity index is 684. The highest BCUT2D eigenvalue weighted by Gasteiger charge is 2.23. The van der Waals surface area contributed by atoms with Crippen molar-refractivity contribution in [3.63, 3.8) is 0 Å². The van der Waals surface area contributed by atoms with Gasteiger partial charge in [-0.3, -0.25) is 9.78 Å². The number of anilines is 1. The summed E-state index contributed by atoms with van der Waals surface area (Å²) in [6.07, 6.45) is 4.13. The van der Waals surface area contributed by atoms with Gasteiger partial charge < -0.3 is 9.80 Å². The molecule has 0 aliphatic carbocycles. The fourth-order valence-electron chi connectivity index (χ4n) is 3.06. The highest BCUT2D eigenvalue weighted by Crippen LogP contribution is 2.22. The molecular formula is C19H22ClN3O. The first-order valence-corrected chi connectivity index (χ1v) is 8.69. The molecule has 1 aromatic heterocycles. The van der Waals surface area contributed by atoms with Crippen LogP contribution in [0.1, 0.15) is 24.8 Å². The van der Waals surface area contributed by atoms with Gasteiger partial charge in [0.1, 0.15) is 0 Å². The van der Waals surface area contributed by atoms with Gasteiger partial charge in [-0.2, -0.15) is 0 Å². The summed E-state index contributed by atoms with van der Waals surface area (Å²) < 4.78 is 0. The summed E-state index contributed by atoms with van der Waals surface area (Å²) >= 11 is 6.06. The van der Waals surface area contributed by atoms with Gasteiger partial charge in [-0.05, 0) is 35.7 Å². The fourth-order valence-corrected chi connectivity index (χ4v) is 3.25. The highest BCUT2D eigenvalue weighted by molar-refractivity contribution is 6.30. The van der Waals surface area contributed by atoms with Crippen molar-refractivity contribution in [2.45, 2.75) is 19.3 Å². The molecule has 1 aromatic carbocycles. The highest BCUT2D eigenvalue weighted by atomic mass is 35.5. The molecular weight excluding hydrogens is 322 g/mol. The minimum absolute atomic E-state index is 0.192. The minimum atomic E-state index is 0.192. The van der Waals surface area contributed by atoms with Crippen LogP contribution in [0.2, 0.25) is 5.02 Å². The van der Waals surface area contributed by atoms with Crippen molar-refractivity contribution in [2.24, 2.45) is 0 Å². The van der Waals surface area contributed by atoms with E-state index in [0.29, 0.717) is 6.42 Å². The van der Waals surface area contributed by atoms with E-state index in [-0.39, 0.29) is 11.8 Å². The number of hydrogen-bond donors (Lipinski definition) is 0. The molecule has 24 heavy (non-hydrogen) atoms. The number of carbonyl (C=O) groups excluding carboxylic acids is 1. The van der Waals surface area contributed by atoms with Crippen LogP contribution < -0.4 is 4.90 Å². The molecule has 5 heteroatoms. The quantitative estimate of drug-likeness (QED) is 0.851. The van der Waals surface area contributed by atoms with Gasteiger partial charge in [0.2, 0.25) is 5.91 Å². The van der Waals surface area contributed by atoms with Crippen LogP contribution in [0, 0.1) is 0 Å². The number of pyridine rings is 1. The zero-order valence-corrected chi connectivity index (χ0v) is 14.6. The first-order valence-electron chi connectivity index (χ1n) is 8.31. The average molecular weight is 344 g/mol. The van der Waals surface area contributed by atoms with Crippen molar-refractivity contribution in [1.82, 2.24) is 9.88 Å². The Balaban J connectivity index is 1.53. The SMILES string of the molecule is CC(CC(=O)N1CCN(c2cccc(Cl)c2)CC1)c1cccnc1. The zero-order chi connectivity index (χ0) is 16.9. The fraction of sp³-hybridized carbons (Fsp3) is 0.368. The third-order valence-corrected chi connectivity index (χ3v) is 4.78. The van der Waals surface area contributed by atoms with Crippen LogP contribution in [0.4, 0.5) is 5.69 Å². The monoisotopic (exact) mass is 343 g/mol. The molecule has 0 N–H and O–H groups in total. The molecule has 2 heterocycles. The number of carbonyl (C=O) groups is 1. The standard InChI is InChI=1S/C19H22ClN3O/c1-15(16-4-3-7-21-14-16)12-19(24)23-10-8-22(9-11-23)18-6-2-5-17(20)13-18/h2-7,13-15H,8-12H2,1H3. The molecule has 2 aromatic rings. The maximum absolute atomic E-state index is 12.5. The van der Waals surface area contributed by atoms with E-state index in [4.69, 9.17) is 11.6 Å². The molecule has 0 radical (unpaired) electrons. The number of benzene rings is 1. The first-order chi connectivity index (χ1) is 11.6. The van der Waals surface area contributed by atoms with Crippen LogP contribution in [-0.2, 0) is 4.79 Å². The van der Waals surface area contributed by atoms with Gasteiger partial charge in [0.15, 0.2) is 0 Å². The summed E-state index contributed by atoms with van der Waals surface area (Å²) in [6.45, 7) is 5.27. The lowest BCUT2D eigenvalue weighted by atomic mass is 9.99. The van der Waals surface area contributed by atoms with Gasteiger partial charge in [0.05, 0.1) is 0 Å². The van der Waals surface area contributed by atoms with Crippen LogP contribution >= 0.6 is 11.6 Å². The Morgan fingerprint density at radius 3 is 2.67 bits per heavy atom. The third-order valence-electron chi connectivity index (χ3n) is 4.54. The molecule has 1 fully saturated rings. The van der Waals surface area contributed by atoms with Gasteiger partial charge in [-0.25, -0.2) is 0 Å². The Kier molecular flexibility index (Phi) is 5.36. The zero-order valence-electron chi connectivity index (χ0n) is 13.9. The summed E-state index contributed by atoms with van der Waals surface area (Å²) in [5.74, 6) is 0.411. The normalized spacial score (nSPS) is 16.1. The van der Waals surface area contributed by atoms with E-state index in [9.17, 15) is 4.79 Å². The largest absolute Gasteiger partial charge is 0.368 e. The maximum Gasteiger partial charge on any atom is 0.223 e. The van der Waals surface area contributed by atoms with E-state index >= 15 is 0 Å². The predicted molar refractivity (Wildman–Crippen MR) is 97.5 cm³/mol. The molecule has 3 rings (SSSR count). The van der Waals surface area contributed by atoms with Gasteiger partial charge in [0, 0.05) is 55.7 Å². The topological polar surface area (TPSA) is 36.4 Å². The number of nitrogens with zero attached hydrogens (tertiary/aromatic N) is 3. The molecule has 0 bridgehead atoms. The Labute approximate surface area is 148 Å². The number of piperazine rings is 1. The number of hydrogen-bond acceptors (Lipinski definition) is 3. The van der Waals surface area contributed by atoms with E-state index < -0.39 is 0 Å². The van der Waals surface area contributed by atoms with Crippen LogP contribution in [0.3, 0.4) is 0 Å². The van der Waals surface area contributed by atoms with E-state index in [0.717, 1.165) is 42.5 Å². The number of amides is 1. The minimum Gasteiger partial charge on any atom is -0.368 e. The molecule has 0 spiro atoms. The van der Waals surface area contributed by atoms with Gasteiger partial charge in [0.25, 0.3) is 0 Å². The van der Waals surface area contributed by atoms with Gasteiger partial charge >= 0.3 is 0 Å². The van der Waals surface area contributed by atoms with Crippen LogP contribution in [0.25, 0.3) is 0 Å². The second-order valence-corrected chi connectivity index (χ2v) is 6.68. The summed E-state index contributed by atoms with van der Waals surface area (Å²) in [7, 11) is 0. The van der Waals surface area contributed by atoms with Crippen molar-refractivity contribution < 1.29 is 4.79 Å². The second-order valence-electron chi connectivity index (χ2n) is 6.24. The van der Waals surface area contributed by atoms with Crippen molar-refractivity contribution in [2.75, 3.05) is 31.1 Å². The molecule has 4 nitrogen and oxygen atoms in total. The summed E-state index contributed by atoms with van der Waals surface area (Å²) in [5.41, 5.74) is 2.24. The van der Waals surface area contributed by atoms with Crippen LogP contribution in [0.5, 0.6) is 0 Å². The maximum atomic E-state index is 12.5. The summed E-state index contributed by atoms with van der Waals surface area (Å²) in [5, 5.41) is 0.747. The second kappa shape index (κ2) is 7.67. The lowest BCUT2D eigenvalue weighted by molar-refractivity contribution is -0.131. The summed E-state index contributed by atoms with van der Waals surface area (Å²) in [4.78, 5) is 20.9. The van der Waals surface area contributed by atoms with Crippen molar-refractivity contribution in [1.29, 1.82) is 0 Å². The van der Waals surface area contributed by atoms with Crippen LogP contribution in [0.15, 0.2) is 48.8 Å². The molecule has 1 aliphatic rings. The lowest BCUT2D eigenvalue weighted by Crippen LogP contribution is -2.49. The molecule has 1 saturated heterocycles. The van der Waals surface area contributed by atoms with Crippen molar-refractivity contribution in [3.05, 3.63) is 59.4 Å². The van der Waals surface area contributed by atoms with E-state index in [1.54, 1.807) is 6.20 Å². The van der Waals surface area contributed by atoms with Crippen LogP contribution in [-0.4, -0.2) is 42.0 Å². The third kappa shape index (κ3) is 4.06. The Morgan fingerprint density at radius 1 is 1.21 bits per heavy atom. The lowest BCUT2D eigenvalue weighted by Gasteiger charge is -2.36. The number of aromatic nitrogens is 1. The van der Waals surface area contributed by atoms with Gasteiger partial charge in [-0.15, -0.1) is 0 Å². The molecule has 0 saturated carbocycles. The molecule has 1 unspecified atom stereocenters. The predicted octanol–water partition coefficient (Wildman–Crippen LogP) is 3.58. The van der Waals surface area contributed by atoms with E-state index in [1.807, 2.05) is 41.4 Å². The number of halogens is 1. The Hall–Kier alpha value is -2.07. The van der Waals surface area contributed by atoms with E-state index in [2.05, 4.69) is 22.9 Å². The molecule has 1 atom stereocenters. The van der Waals surface area contributed by atoms with Gasteiger partial charge in [-0.1, -0.05) is 30.7 Å². The van der Waals surface area contributed by atoms with E-state index in [1.165, 1.54) is 0 Å². The molecule has 126 valence electrons. The smallest absolute Gasteiger partial charge is 0.223 e. The number of rotatable bonds is 4.